The molecule has 6 N–H and O–H groups in total. The highest BCUT2D eigenvalue weighted by molar-refractivity contribution is 5.47. The molecular weight excluding hydrogens is 318 g/mol. The number of aryl methyl sites for hydroxylation is 1. The van der Waals surface area contributed by atoms with E-state index in [9.17, 15) is 0 Å². The van der Waals surface area contributed by atoms with E-state index in [0.717, 1.165) is 0 Å². The SMILES string of the molecule is Cc1nc(N)n2c(/N=N/c3nnc4nc(N)nc(N)n34)nnc2n1. The molecule has 0 aliphatic heterocycles. The summed E-state index contributed by atoms with van der Waals surface area (Å²) in [6.07, 6.45) is 0. The Morgan fingerprint density at radius 1 is 0.708 bits per heavy atom. The van der Waals surface area contributed by atoms with E-state index in [1.807, 2.05) is 0 Å². The molecule has 0 atom stereocenters. The topological polar surface area (TPSA) is 215 Å². The predicted molar refractivity (Wildman–Crippen MR) is 79.3 cm³/mol. The number of fused-ring (bicyclic) bond motifs is 2. The van der Waals surface area contributed by atoms with Gasteiger partial charge in [0.05, 0.1) is 0 Å². The number of nitrogen functional groups attached to an aromatic ring is 3. The van der Waals surface area contributed by atoms with Gasteiger partial charge < -0.3 is 17.2 Å². The molecule has 0 bridgehead atoms. The van der Waals surface area contributed by atoms with Crippen molar-refractivity contribution in [1.82, 2.24) is 49.1 Å². The van der Waals surface area contributed by atoms with Crippen molar-refractivity contribution in [3.05, 3.63) is 5.82 Å². The van der Waals surface area contributed by atoms with Crippen LogP contribution in [0, 0.1) is 6.92 Å². The molecule has 0 saturated heterocycles. The van der Waals surface area contributed by atoms with Gasteiger partial charge in [0.1, 0.15) is 5.82 Å². The van der Waals surface area contributed by atoms with Crippen LogP contribution in [0.15, 0.2) is 10.2 Å². The van der Waals surface area contributed by atoms with E-state index < -0.39 is 0 Å². The zero-order chi connectivity index (χ0) is 16.8. The molecule has 15 nitrogen and oxygen atoms in total. The van der Waals surface area contributed by atoms with Crippen LogP contribution in [0.3, 0.4) is 0 Å². The van der Waals surface area contributed by atoms with E-state index in [1.165, 1.54) is 8.80 Å². The Morgan fingerprint density at radius 2 is 1.25 bits per heavy atom. The van der Waals surface area contributed by atoms with Gasteiger partial charge in [-0.15, -0.1) is 30.6 Å². The smallest absolute Gasteiger partial charge is 0.278 e. The Labute approximate surface area is 131 Å². The van der Waals surface area contributed by atoms with Gasteiger partial charge in [-0.1, -0.05) is 0 Å². The molecular formula is C9H9N15. The Kier molecular flexibility index (Phi) is 2.68. The van der Waals surface area contributed by atoms with Crippen molar-refractivity contribution in [2.75, 3.05) is 17.2 Å². The summed E-state index contributed by atoms with van der Waals surface area (Å²) >= 11 is 0. The second-order valence-electron chi connectivity index (χ2n) is 4.54. The fourth-order valence-corrected chi connectivity index (χ4v) is 1.99. The monoisotopic (exact) mass is 327 g/mol. The van der Waals surface area contributed by atoms with Gasteiger partial charge >= 0.3 is 0 Å². The third kappa shape index (κ3) is 1.99. The number of nitrogens with zero attached hydrogens (tertiary/aromatic N) is 12. The van der Waals surface area contributed by atoms with E-state index in [-0.39, 0.29) is 41.3 Å². The number of azo groups is 1. The number of rotatable bonds is 2. The molecule has 120 valence electrons. The van der Waals surface area contributed by atoms with Gasteiger partial charge in [0.25, 0.3) is 23.5 Å². The second-order valence-corrected chi connectivity index (χ2v) is 4.54. The summed E-state index contributed by atoms with van der Waals surface area (Å²) in [6, 6.07) is 0. The molecule has 0 aromatic carbocycles. The van der Waals surface area contributed by atoms with Crippen molar-refractivity contribution in [2.45, 2.75) is 6.92 Å². The molecule has 0 aliphatic carbocycles. The Morgan fingerprint density at radius 3 is 1.88 bits per heavy atom. The highest BCUT2D eigenvalue weighted by Crippen LogP contribution is 2.19. The predicted octanol–water partition coefficient (Wildman–Crippen LogP) is -1.18. The normalized spacial score (nSPS) is 11.9. The van der Waals surface area contributed by atoms with Gasteiger partial charge in [0, 0.05) is 0 Å². The first-order valence-electron chi connectivity index (χ1n) is 6.44. The molecule has 4 aromatic rings. The Hall–Kier alpha value is -4.04. The van der Waals surface area contributed by atoms with Crippen LogP contribution in [0.4, 0.5) is 29.7 Å². The van der Waals surface area contributed by atoms with Crippen LogP contribution >= 0.6 is 0 Å². The van der Waals surface area contributed by atoms with Crippen LogP contribution in [0.1, 0.15) is 5.82 Å². The number of nitrogens with two attached hydrogens (primary N) is 3. The second kappa shape index (κ2) is 4.73. The zero-order valence-electron chi connectivity index (χ0n) is 12.1. The zero-order valence-corrected chi connectivity index (χ0v) is 12.1. The summed E-state index contributed by atoms with van der Waals surface area (Å²) < 4.78 is 2.60. The van der Waals surface area contributed by atoms with Crippen molar-refractivity contribution in [2.24, 2.45) is 10.2 Å². The summed E-state index contributed by atoms with van der Waals surface area (Å²) in [5, 5.41) is 23.1. The lowest BCUT2D eigenvalue weighted by molar-refractivity contribution is 0.948. The van der Waals surface area contributed by atoms with Crippen LogP contribution in [-0.2, 0) is 0 Å². The first-order chi connectivity index (χ1) is 11.5. The van der Waals surface area contributed by atoms with E-state index in [0.29, 0.717) is 5.82 Å². The average molecular weight is 327 g/mol. The van der Waals surface area contributed by atoms with Crippen LogP contribution in [0.2, 0.25) is 0 Å². The van der Waals surface area contributed by atoms with Crippen LogP contribution in [0.25, 0.3) is 11.6 Å². The van der Waals surface area contributed by atoms with Gasteiger partial charge in [-0.3, -0.25) is 0 Å². The fraction of sp³-hybridized carbons (Fsp3) is 0.111. The minimum absolute atomic E-state index is 0.0148. The molecule has 4 heterocycles. The van der Waals surface area contributed by atoms with Gasteiger partial charge in [-0.05, 0) is 6.92 Å². The van der Waals surface area contributed by atoms with Gasteiger partial charge in [0.2, 0.25) is 17.8 Å². The molecule has 0 fully saturated rings. The van der Waals surface area contributed by atoms with Crippen LogP contribution in [0.5, 0.6) is 0 Å². The molecule has 0 spiro atoms. The standard InChI is InChI=1S/C9H9N15/c1-2-13-4(11)23-6(14-2)17-19-8(23)21-22-9-20-18-7-16-3(10)15-5(12)24(7)9/h1H3,(H2,11,13,14,17)(H4,10,12,15,16,18)/b22-21+. The minimum Gasteiger partial charge on any atom is -0.369 e. The van der Waals surface area contributed by atoms with Crippen molar-refractivity contribution in [3.8, 4) is 0 Å². The molecule has 0 saturated carbocycles. The van der Waals surface area contributed by atoms with Crippen molar-refractivity contribution >= 4 is 41.3 Å². The van der Waals surface area contributed by atoms with Crippen LogP contribution in [-0.4, -0.2) is 49.1 Å². The van der Waals surface area contributed by atoms with Gasteiger partial charge in [-0.25, -0.2) is 8.80 Å². The maximum atomic E-state index is 5.83. The molecule has 15 heteroatoms. The summed E-state index contributed by atoms with van der Waals surface area (Å²) in [4.78, 5) is 15.8. The quantitative estimate of drug-likeness (QED) is 0.372. The molecule has 4 rings (SSSR count). The Bertz CT molecular complexity index is 1020. The largest absolute Gasteiger partial charge is 0.369 e. The summed E-state index contributed by atoms with van der Waals surface area (Å²) in [6.45, 7) is 1.68. The molecule has 0 unspecified atom stereocenters. The van der Waals surface area contributed by atoms with Gasteiger partial charge in [0.15, 0.2) is 0 Å². The average Bonchev–Trinajstić information content (AvgIpc) is 3.08. The van der Waals surface area contributed by atoms with Crippen LogP contribution < -0.4 is 17.2 Å². The molecule has 24 heavy (non-hydrogen) atoms. The van der Waals surface area contributed by atoms with E-state index in [4.69, 9.17) is 17.2 Å². The van der Waals surface area contributed by atoms with Crippen molar-refractivity contribution in [3.63, 3.8) is 0 Å². The molecule has 4 aromatic heterocycles. The highest BCUT2D eigenvalue weighted by Gasteiger charge is 2.13. The minimum atomic E-state index is -0.0281. The van der Waals surface area contributed by atoms with E-state index in [1.54, 1.807) is 6.92 Å². The number of aromatic nitrogens is 10. The number of hydrogen-bond acceptors (Lipinski definition) is 13. The van der Waals surface area contributed by atoms with E-state index in [2.05, 4.69) is 50.6 Å². The van der Waals surface area contributed by atoms with Gasteiger partial charge in [-0.2, -0.15) is 19.9 Å². The maximum absolute atomic E-state index is 5.83. The molecule has 0 radical (unpaired) electrons. The number of hydrogen-bond donors (Lipinski definition) is 3. The number of anilines is 3. The molecule has 0 aliphatic rings. The van der Waals surface area contributed by atoms with Crippen molar-refractivity contribution < 1.29 is 0 Å². The Balaban J connectivity index is 1.82. The third-order valence-corrected chi connectivity index (χ3v) is 2.93. The van der Waals surface area contributed by atoms with Crippen molar-refractivity contribution in [1.29, 1.82) is 0 Å². The van der Waals surface area contributed by atoms with E-state index >= 15 is 0 Å². The highest BCUT2D eigenvalue weighted by atomic mass is 15.4. The summed E-state index contributed by atoms with van der Waals surface area (Å²) in [5.41, 5.74) is 17.1. The third-order valence-electron chi connectivity index (χ3n) is 2.93. The fourth-order valence-electron chi connectivity index (χ4n) is 1.99. The summed E-state index contributed by atoms with van der Waals surface area (Å²) in [5.74, 6) is 1.05. The first kappa shape index (κ1) is 13.6. The summed E-state index contributed by atoms with van der Waals surface area (Å²) in [7, 11) is 0. The first-order valence-corrected chi connectivity index (χ1v) is 6.44. The molecule has 0 amide bonds. The maximum Gasteiger partial charge on any atom is 0.278 e. The lowest BCUT2D eigenvalue weighted by Gasteiger charge is -1.99. The lowest BCUT2D eigenvalue weighted by atomic mass is 10.7. The lowest BCUT2D eigenvalue weighted by Crippen LogP contribution is -2.06.